The van der Waals surface area contributed by atoms with Crippen molar-refractivity contribution in [2.24, 2.45) is 0 Å². The first kappa shape index (κ1) is 24.7. The molecule has 0 saturated carbocycles. The van der Waals surface area contributed by atoms with Crippen LogP contribution in [0.15, 0.2) is 121 Å². The maximum atomic E-state index is 13.1. The molecule has 5 heteroatoms. The first-order valence-corrected chi connectivity index (χ1v) is 18.0. The predicted octanol–water partition coefficient (Wildman–Crippen LogP) is 3.06. The number of hydrogen-bond acceptors (Lipinski definition) is 3. The molecule has 176 valence electrons. The van der Waals surface area contributed by atoms with Crippen LogP contribution in [0.3, 0.4) is 0 Å². The monoisotopic (exact) mass is 571 g/mol. The SMILES string of the molecule is COC(=O)[C@@H]([CH2][Sn]([c]1ccccc1)([c]1ccccc1)[c]1ccccc1)NC(=O)Cc1ccccc1. The minimum absolute atomic E-state index is 0.194. The number of nitrogens with one attached hydrogen (secondary N) is 1. The molecule has 4 aromatic rings. The summed E-state index contributed by atoms with van der Waals surface area (Å²) in [6.07, 6.45) is 0.207. The zero-order valence-corrected chi connectivity index (χ0v) is 22.6. The Morgan fingerprint density at radius 3 is 1.49 bits per heavy atom. The summed E-state index contributed by atoms with van der Waals surface area (Å²) in [5, 5.41) is 3.02. The van der Waals surface area contributed by atoms with Crippen LogP contribution in [0.5, 0.6) is 0 Å². The van der Waals surface area contributed by atoms with Gasteiger partial charge >= 0.3 is 212 Å². The topological polar surface area (TPSA) is 55.4 Å². The third-order valence-corrected chi connectivity index (χ3v) is 20.5. The van der Waals surface area contributed by atoms with Crippen LogP contribution >= 0.6 is 0 Å². The minimum atomic E-state index is -3.79. The maximum absolute atomic E-state index is 13.1. The molecule has 0 fully saturated rings. The molecular weight excluding hydrogens is 541 g/mol. The Kier molecular flexibility index (Phi) is 8.37. The second kappa shape index (κ2) is 11.8. The normalized spacial score (nSPS) is 11.9. The first-order valence-electron chi connectivity index (χ1n) is 11.7. The van der Waals surface area contributed by atoms with E-state index < -0.39 is 30.4 Å². The Morgan fingerprint density at radius 1 is 0.686 bits per heavy atom. The third-order valence-electron chi connectivity index (χ3n) is 6.34. The quantitative estimate of drug-likeness (QED) is 0.249. The summed E-state index contributed by atoms with van der Waals surface area (Å²) in [5.74, 6) is -0.615. The summed E-state index contributed by atoms with van der Waals surface area (Å²) in [6.45, 7) is 0. The number of ether oxygens (including phenoxy) is 1. The van der Waals surface area contributed by atoms with Crippen LogP contribution in [0.2, 0.25) is 4.44 Å². The Bertz CT molecular complexity index is 1140. The van der Waals surface area contributed by atoms with Crippen molar-refractivity contribution in [3.8, 4) is 0 Å². The van der Waals surface area contributed by atoms with Gasteiger partial charge in [-0.3, -0.25) is 0 Å². The van der Waals surface area contributed by atoms with E-state index in [2.05, 4.69) is 41.7 Å². The average molecular weight is 570 g/mol. The van der Waals surface area contributed by atoms with Gasteiger partial charge in [0.05, 0.1) is 0 Å². The van der Waals surface area contributed by atoms with Gasteiger partial charge in [0.1, 0.15) is 0 Å². The molecular formula is C30H29NO3Sn. The summed E-state index contributed by atoms with van der Waals surface area (Å²) in [4.78, 5) is 26.1. The van der Waals surface area contributed by atoms with E-state index in [1.807, 2.05) is 84.9 Å². The fraction of sp³-hybridized carbons (Fsp3) is 0.133. The average Bonchev–Trinajstić information content (AvgIpc) is 2.92. The number of carbonyl (C=O) groups excluding carboxylic acids is 2. The van der Waals surface area contributed by atoms with Gasteiger partial charge in [0.2, 0.25) is 0 Å². The summed E-state index contributed by atoms with van der Waals surface area (Å²) in [7, 11) is 1.38. The first-order chi connectivity index (χ1) is 17.1. The molecule has 4 rings (SSSR count). The van der Waals surface area contributed by atoms with Crippen LogP contribution in [-0.4, -0.2) is 43.4 Å². The van der Waals surface area contributed by atoms with Crippen LogP contribution < -0.4 is 16.1 Å². The van der Waals surface area contributed by atoms with Crippen LogP contribution in [-0.2, 0) is 20.7 Å². The molecule has 1 N–H and O–H groups in total. The van der Waals surface area contributed by atoms with Crippen molar-refractivity contribution in [2.45, 2.75) is 16.9 Å². The summed E-state index contributed by atoms with van der Waals surface area (Å²) < 4.78 is 9.43. The van der Waals surface area contributed by atoms with Gasteiger partial charge in [0, 0.05) is 0 Å². The number of methoxy groups -OCH3 is 1. The molecule has 0 radical (unpaired) electrons. The van der Waals surface area contributed by atoms with Gasteiger partial charge in [-0.2, -0.15) is 0 Å². The summed E-state index contributed by atoms with van der Waals surface area (Å²) in [6, 6.07) is 40.1. The van der Waals surface area contributed by atoms with Gasteiger partial charge < -0.3 is 0 Å². The number of rotatable bonds is 9. The molecule has 0 heterocycles. The fourth-order valence-corrected chi connectivity index (χ4v) is 18.6. The van der Waals surface area contributed by atoms with Crippen LogP contribution in [0, 0.1) is 0 Å². The summed E-state index contributed by atoms with van der Waals surface area (Å²) >= 11 is -3.79. The van der Waals surface area contributed by atoms with Gasteiger partial charge in [-0.05, 0) is 0 Å². The van der Waals surface area contributed by atoms with E-state index in [9.17, 15) is 9.59 Å². The molecule has 0 bridgehead atoms. The second-order valence-corrected chi connectivity index (χ2v) is 19.8. The molecule has 1 atom stereocenters. The van der Waals surface area contributed by atoms with Crippen molar-refractivity contribution in [3.63, 3.8) is 0 Å². The Balaban J connectivity index is 1.79. The molecule has 0 spiro atoms. The van der Waals surface area contributed by atoms with Crippen molar-refractivity contribution < 1.29 is 14.3 Å². The zero-order chi connectivity index (χ0) is 24.5. The second-order valence-electron chi connectivity index (χ2n) is 8.51. The molecule has 0 unspecified atom stereocenters. The van der Waals surface area contributed by atoms with Crippen LogP contribution in [0.25, 0.3) is 0 Å². The Hall–Kier alpha value is -3.38. The molecule has 0 saturated heterocycles. The van der Waals surface area contributed by atoms with Crippen molar-refractivity contribution in [2.75, 3.05) is 7.11 Å². The number of hydrogen-bond donors (Lipinski definition) is 1. The van der Waals surface area contributed by atoms with Gasteiger partial charge in [-0.15, -0.1) is 0 Å². The number of amides is 1. The fourth-order valence-electron chi connectivity index (χ4n) is 4.69. The molecule has 4 nitrogen and oxygen atoms in total. The Labute approximate surface area is 210 Å². The van der Waals surface area contributed by atoms with Gasteiger partial charge in [-0.1, -0.05) is 0 Å². The van der Waals surface area contributed by atoms with Crippen molar-refractivity contribution in [1.29, 1.82) is 0 Å². The molecule has 0 aliphatic rings. The molecule has 0 aliphatic heterocycles. The molecule has 1 amide bonds. The van der Waals surface area contributed by atoms with Crippen molar-refractivity contribution in [3.05, 3.63) is 127 Å². The van der Waals surface area contributed by atoms with E-state index in [-0.39, 0.29) is 12.3 Å². The van der Waals surface area contributed by atoms with Gasteiger partial charge in [-0.25, -0.2) is 0 Å². The molecule has 0 aromatic heterocycles. The molecule has 0 aliphatic carbocycles. The van der Waals surface area contributed by atoms with Crippen LogP contribution in [0.4, 0.5) is 0 Å². The van der Waals surface area contributed by atoms with Gasteiger partial charge in [0.15, 0.2) is 0 Å². The van der Waals surface area contributed by atoms with E-state index in [4.69, 9.17) is 4.74 Å². The van der Waals surface area contributed by atoms with Crippen molar-refractivity contribution >= 4 is 41.0 Å². The standard InChI is InChI=1S/C12H14NO3.3C6H5.Sn/c1-9(12(15)16-2)13-11(14)8-10-6-4-3-5-7-10;3*1-2-4-6-5-3-1;/h3-7,9H,1,8H2,2H3,(H,13,14);3*1-5H;/t9-;;;;/m1..../s1. The number of carbonyl (C=O) groups is 2. The predicted molar refractivity (Wildman–Crippen MR) is 143 cm³/mol. The van der Waals surface area contributed by atoms with E-state index in [0.717, 1.165) is 5.56 Å². The van der Waals surface area contributed by atoms with E-state index in [1.54, 1.807) is 0 Å². The van der Waals surface area contributed by atoms with Crippen molar-refractivity contribution in [1.82, 2.24) is 5.32 Å². The van der Waals surface area contributed by atoms with E-state index >= 15 is 0 Å². The van der Waals surface area contributed by atoms with Crippen LogP contribution in [0.1, 0.15) is 5.56 Å². The number of benzene rings is 4. The Morgan fingerprint density at radius 2 is 1.09 bits per heavy atom. The molecule has 4 aromatic carbocycles. The van der Waals surface area contributed by atoms with Gasteiger partial charge in [0.25, 0.3) is 0 Å². The molecule has 35 heavy (non-hydrogen) atoms. The van der Waals surface area contributed by atoms with E-state index in [0.29, 0.717) is 4.44 Å². The number of esters is 1. The third kappa shape index (κ3) is 5.82. The zero-order valence-electron chi connectivity index (χ0n) is 19.8. The summed E-state index contributed by atoms with van der Waals surface area (Å²) in [5.41, 5.74) is 0.901. The van der Waals surface area contributed by atoms with E-state index in [1.165, 1.54) is 17.8 Å².